The zero-order valence-electron chi connectivity index (χ0n) is 15.5. The first-order valence-corrected chi connectivity index (χ1v) is 9.40. The van der Waals surface area contributed by atoms with Gasteiger partial charge in [-0.25, -0.2) is 0 Å². The second kappa shape index (κ2) is 7.35. The van der Waals surface area contributed by atoms with Crippen LogP contribution in [0.1, 0.15) is 29.9 Å². The lowest BCUT2D eigenvalue weighted by molar-refractivity contribution is -0.132. The van der Waals surface area contributed by atoms with E-state index in [2.05, 4.69) is 17.1 Å². The second-order valence-electron chi connectivity index (χ2n) is 7.20. The van der Waals surface area contributed by atoms with Crippen molar-refractivity contribution < 1.29 is 4.79 Å². The molecule has 138 valence electrons. The van der Waals surface area contributed by atoms with Crippen molar-refractivity contribution in [2.24, 2.45) is 0 Å². The quantitative estimate of drug-likeness (QED) is 0.720. The number of carbonyl (C=O) groups is 1. The molecule has 5 heteroatoms. The minimum absolute atomic E-state index is 0.0132. The summed E-state index contributed by atoms with van der Waals surface area (Å²) < 4.78 is 1.60. The summed E-state index contributed by atoms with van der Waals surface area (Å²) >= 11 is 0. The summed E-state index contributed by atoms with van der Waals surface area (Å²) in [6.07, 6.45) is 5.53. The van der Waals surface area contributed by atoms with Crippen LogP contribution in [0, 0.1) is 6.92 Å². The predicted molar refractivity (Wildman–Crippen MR) is 106 cm³/mol. The lowest BCUT2D eigenvalue weighted by Gasteiger charge is -2.32. The van der Waals surface area contributed by atoms with Crippen molar-refractivity contribution in [3.05, 3.63) is 76.3 Å². The van der Waals surface area contributed by atoms with E-state index >= 15 is 0 Å². The molecule has 0 bridgehead atoms. The van der Waals surface area contributed by atoms with Gasteiger partial charge in [-0.15, -0.1) is 0 Å². The minimum Gasteiger partial charge on any atom is -0.341 e. The molecule has 1 saturated heterocycles. The Kier molecular flexibility index (Phi) is 4.75. The topological polar surface area (TPSA) is 55.2 Å². The molecule has 3 aromatic rings. The van der Waals surface area contributed by atoms with Gasteiger partial charge < -0.3 is 4.90 Å². The van der Waals surface area contributed by atoms with Crippen LogP contribution < -0.4 is 5.56 Å². The number of aryl methyl sites for hydroxylation is 1. The molecule has 0 unspecified atom stereocenters. The summed E-state index contributed by atoms with van der Waals surface area (Å²) in [6.45, 7) is 3.48. The van der Waals surface area contributed by atoms with Crippen LogP contribution in [0.2, 0.25) is 0 Å². The number of hydrogen-bond donors (Lipinski definition) is 0. The van der Waals surface area contributed by atoms with E-state index in [0.29, 0.717) is 5.92 Å². The summed E-state index contributed by atoms with van der Waals surface area (Å²) in [5.41, 5.74) is 2.93. The van der Waals surface area contributed by atoms with Crippen molar-refractivity contribution >= 4 is 16.8 Å². The van der Waals surface area contributed by atoms with Gasteiger partial charge in [-0.05, 0) is 55.0 Å². The van der Waals surface area contributed by atoms with Gasteiger partial charge in [-0.3, -0.25) is 19.1 Å². The molecule has 5 nitrogen and oxygen atoms in total. The molecule has 2 aromatic heterocycles. The van der Waals surface area contributed by atoms with Crippen LogP contribution >= 0.6 is 0 Å². The molecule has 0 spiro atoms. The van der Waals surface area contributed by atoms with Crippen molar-refractivity contribution in [3.63, 3.8) is 0 Å². The number of likely N-dealkylation sites (tertiary alicyclic amines) is 1. The van der Waals surface area contributed by atoms with Gasteiger partial charge in [-0.1, -0.05) is 18.2 Å². The number of piperidine rings is 1. The minimum atomic E-state index is -0.119. The molecule has 3 heterocycles. The van der Waals surface area contributed by atoms with Crippen LogP contribution in [0.15, 0.2) is 59.7 Å². The molecule has 0 radical (unpaired) electrons. The number of benzene rings is 1. The first-order valence-electron chi connectivity index (χ1n) is 9.40. The monoisotopic (exact) mass is 361 g/mol. The standard InChI is InChI=1S/C22H23N3O2/c1-16-14-21(26)25(20-5-3-2-4-19(16)20)15-22(27)24-12-8-18(9-13-24)17-6-10-23-11-7-17/h2-7,10-11,14,18H,8-9,12-13,15H2,1H3. The predicted octanol–water partition coefficient (Wildman–Crippen LogP) is 3.11. The number of carbonyl (C=O) groups excluding carboxylic acids is 1. The second-order valence-corrected chi connectivity index (χ2v) is 7.20. The molecule has 1 fully saturated rings. The Balaban J connectivity index is 1.49. The molecule has 4 rings (SSSR count). The number of aromatic nitrogens is 2. The molecule has 1 aliphatic heterocycles. The summed E-state index contributed by atoms with van der Waals surface area (Å²) in [7, 11) is 0. The lowest BCUT2D eigenvalue weighted by Crippen LogP contribution is -2.41. The average molecular weight is 361 g/mol. The molecule has 1 aliphatic rings. The van der Waals surface area contributed by atoms with Crippen LogP contribution in [0.4, 0.5) is 0 Å². The van der Waals surface area contributed by atoms with Crippen molar-refractivity contribution in [3.8, 4) is 0 Å². The van der Waals surface area contributed by atoms with Crippen molar-refractivity contribution in [2.45, 2.75) is 32.2 Å². The van der Waals surface area contributed by atoms with E-state index in [-0.39, 0.29) is 18.0 Å². The Hall–Kier alpha value is -2.95. The van der Waals surface area contributed by atoms with Gasteiger partial charge in [0.2, 0.25) is 5.91 Å². The van der Waals surface area contributed by atoms with E-state index in [1.807, 2.05) is 48.5 Å². The highest BCUT2D eigenvalue weighted by Crippen LogP contribution is 2.27. The van der Waals surface area contributed by atoms with Crippen molar-refractivity contribution in [1.29, 1.82) is 0 Å². The highest BCUT2D eigenvalue weighted by atomic mass is 16.2. The van der Waals surface area contributed by atoms with Crippen LogP contribution in [0.25, 0.3) is 10.9 Å². The fourth-order valence-electron chi connectivity index (χ4n) is 4.00. The normalized spacial score (nSPS) is 15.2. The lowest BCUT2D eigenvalue weighted by atomic mass is 9.90. The molecule has 0 atom stereocenters. The number of rotatable bonds is 3. The van der Waals surface area contributed by atoms with Gasteiger partial charge in [0.25, 0.3) is 5.56 Å². The molecular weight excluding hydrogens is 338 g/mol. The summed E-state index contributed by atoms with van der Waals surface area (Å²) in [5, 5.41) is 1.02. The molecule has 0 saturated carbocycles. The Morgan fingerprint density at radius 1 is 1.11 bits per heavy atom. The summed E-state index contributed by atoms with van der Waals surface area (Å²) in [5.74, 6) is 0.485. The van der Waals surface area contributed by atoms with E-state index in [4.69, 9.17) is 0 Å². The third-order valence-corrected chi connectivity index (χ3v) is 5.54. The van der Waals surface area contributed by atoms with Crippen LogP contribution in [0.3, 0.4) is 0 Å². The molecule has 1 aromatic carbocycles. The van der Waals surface area contributed by atoms with E-state index in [1.54, 1.807) is 10.6 Å². The van der Waals surface area contributed by atoms with Crippen molar-refractivity contribution in [1.82, 2.24) is 14.5 Å². The molecule has 1 amide bonds. The van der Waals surface area contributed by atoms with E-state index in [9.17, 15) is 9.59 Å². The van der Waals surface area contributed by atoms with Gasteiger partial charge in [0, 0.05) is 36.9 Å². The largest absolute Gasteiger partial charge is 0.341 e. The molecule has 27 heavy (non-hydrogen) atoms. The van der Waals surface area contributed by atoms with Crippen molar-refractivity contribution in [2.75, 3.05) is 13.1 Å². The van der Waals surface area contributed by atoms with Gasteiger partial charge in [0.15, 0.2) is 0 Å². The number of hydrogen-bond acceptors (Lipinski definition) is 3. The number of fused-ring (bicyclic) bond motifs is 1. The Bertz CT molecular complexity index is 1020. The number of amides is 1. The highest BCUT2D eigenvalue weighted by molar-refractivity contribution is 5.84. The first-order chi connectivity index (χ1) is 13.1. The third-order valence-electron chi connectivity index (χ3n) is 5.54. The highest BCUT2D eigenvalue weighted by Gasteiger charge is 2.24. The van der Waals surface area contributed by atoms with E-state index < -0.39 is 0 Å². The van der Waals surface area contributed by atoms with Crippen LogP contribution in [-0.2, 0) is 11.3 Å². The molecular formula is C22H23N3O2. The maximum Gasteiger partial charge on any atom is 0.251 e. The maximum atomic E-state index is 12.8. The molecule has 0 N–H and O–H groups in total. The van der Waals surface area contributed by atoms with Gasteiger partial charge >= 0.3 is 0 Å². The zero-order valence-corrected chi connectivity index (χ0v) is 15.5. The smallest absolute Gasteiger partial charge is 0.251 e. The van der Waals surface area contributed by atoms with Gasteiger partial charge in [0.05, 0.1) is 5.52 Å². The zero-order chi connectivity index (χ0) is 18.8. The average Bonchev–Trinajstić information content (AvgIpc) is 2.72. The summed E-state index contributed by atoms with van der Waals surface area (Å²) in [4.78, 5) is 31.3. The fraction of sp³-hybridized carbons (Fsp3) is 0.318. The SMILES string of the molecule is Cc1cc(=O)n(CC(=O)N2CCC(c3ccncc3)CC2)c2ccccc12. The van der Waals surface area contributed by atoms with Crippen LogP contribution in [-0.4, -0.2) is 33.4 Å². The first kappa shape index (κ1) is 17.5. The number of pyridine rings is 2. The molecule has 0 aliphatic carbocycles. The van der Waals surface area contributed by atoms with E-state index in [0.717, 1.165) is 42.4 Å². The number of nitrogens with zero attached hydrogens (tertiary/aromatic N) is 3. The maximum absolute atomic E-state index is 12.8. The Labute approximate surface area is 158 Å². The van der Waals surface area contributed by atoms with Crippen LogP contribution in [0.5, 0.6) is 0 Å². The summed E-state index contributed by atoms with van der Waals surface area (Å²) in [6, 6.07) is 13.5. The third kappa shape index (κ3) is 3.50. The Morgan fingerprint density at radius 2 is 1.81 bits per heavy atom. The van der Waals surface area contributed by atoms with Gasteiger partial charge in [0.1, 0.15) is 6.54 Å². The number of para-hydroxylation sites is 1. The Morgan fingerprint density at radius 3 is 2.56 bits per heavy atom. The van der Waals surface area contributed by atoms with E-state index in [1.165, 1.54) is 5.56 Å². The van der Waals surface area contributed by atoms with Gasteiger partial charge in [-0.2, -0.15) is 0 Å². The fourth-order valence-corrected chi connectivity index (χ4v) is 4.00.